The maximum Gasteiger partial charge on any atom is 0.355 e. The first kappa shape index (κ1) is 17.1. The van der Waals surface area contributed by atoms with Crippen LogP contribution in [-0.2, 0) is 14.4 Å². The Bertz CT molecular complexity index is 716. The molecular formula is C18H21N3O5. The molecule has 1 aromatic rings. The third kappa shape index (κ3) is 2.61. The van der Waals surface area contributed by atoms with Gasteiger partial charge >= 0.3 is 5.97 Å². The van der Waals surface area contributed by atoms with Gasteiger partial charge in [0.15, 0.2) is 0 Å². The number of likely N-dealkylation sites (N-methyl/N-ethyl adjacent to an activating group) is 1. The molecule has 0 aliphatic carbocycles. The summed E-state index contributed by atoms with van der Waals surface area (Å²) in [5.41, 5.74) is -0.445. The third-order valence-corrected chi connectivity index (χ3v) is 5.42. The van der Waals surface area contributed by atoms with Gasteiger partial charge in [-0.25, -0.2) is 4.79 Å². The van der Waals surface area contributed by atoms with Crippen molar-refractivity contribution >= 4 is 17.8 Å². The number of fused-ring (bicyclic) bond motifs is 1. The van der Waals surface area contributed by atoms with Gasteiger partial charge in [0, 0.05) is 39.2 Å². The average Bonchev–Trinajstić information content (AvgIpc) is 3.24. The minimum absolute atomic E-state index is 0.207. The first-order valence-electron chi connectivity index (χ1n) is 8.74. The summed E-state index contributed by atoms with van der Waals surface area (Å²) >= 11 is 0. The second-order valence-corrected chi connectivity index (χ2v) is 6.95. The minimum atomic E-state index is -0.948. The van der Waals surface area contributed by atoms with Crippen molar-refractivity contribution in [2.24, 2.45) is 0 Å². The van der Waals surface area contributed by atoms with Gasteiger partial charge in [-0.15, -0.1) is 0 Å². The van der Waals surface area contributed by atoms with Crippen molar-refractivity contribution in [3.63, 3.8) is 0 Å². The van der Waals surface area contributed by atoms with E-state index in [2.05, 4.69) is 9.80 Å². The Morgan fingerprint density at radius 3 is 2.23 bits per heavy atom. The smallest absolute Gasteiger partial charge is 0.355 e. The molecule has 0 N–H and O–H groups in total. The summed E-state index contributed by atoms with van der Waals surface area (Å²) in [7, 11) is 2.03. The largest absolute Gasteiger partial charge is 0.379 e. The number of hydrogen-bond donors (Lipinski definition) is 0. The number of imide groups is 1. The molecular weight excluding hydrogens is 338 g/mol. The van der Waals surface area contributed by atoms with Crippen LogP contribution in [-0.4, -0.2) is 84.6 Å². The molecule has 4 rings (SSSR count). The second kappa shape index (κ2) is 6.46. The zero-order valence-corrected chi connectivity index (χ0v) is 14.6. The van der Waals surface area contributed by atoms with Crippen LogP contribution in [0.25, 0.3) is 0 Å². The first-order valence-corrected chi connectivity index (χ1v) is 8.74. The van der Waals surface area contributed by atoms with Crippen molar-refractivity contribution in [3.8, 4) is 0 Å². The van der Waals surface area contributed by atoms with Crippen molar-refractivity contribution in [2.45, 2.75) is 12.0 Å². The molecule has 3 heterocycles. The molecule has 8 heteroatoms. The lowest BCUT2D eigenvalue weighted by Crippen LogP contribution is -2.62. The standard InChI is InChI=1S/C18H21N3O5/c1-19-7-9-20(10-8-19)18(6-11-25-12-18)17(24)26-21-15(22)13-4-2-3-5-14(13)16(21)23/h2-5H,6-12H2,1H3. The fourth-order valence-electron chi connectivity index (χ4n) is 3.75. The van der Waals surface area contributed by atoms with Gasteiger partial charge < -0.3 is 14.5 Å². The summed E-state index contributed by atoms with van der Waals surface area (Å²) in [4.78, 5) is 47.5. The summed E-state index contributed by atoms with van der Waals surface area (Å²) in [5.74, 6) is -1.81. The molecule has 1 atom stereocenters. The molecule has 26 heavy (non-hydrogen) atoms. The number of rotatable bonds is 3. The number of carbonyl (C=O) groups excluding carboxylic acids is 3. The van der Waals surface area contributed by atoms with Crippen molar-refractivity contribution in [2.75, 3.05) is 46.4 Å². The van der Waals surface area contributed by atoms with E-state index >= 15 is 0 Å². The molecule has 2 fully saturated rings. The van der Waals surface area contributed by atoms with Crippen molar-refractivity contribution in [1.82, 2.24) is 14.9 Å². The number of ether oxygens (including phenoxy) is 1. The van der Waals surface area contributed by atoms with Crippen LogP contribution in [0.3, 0.4) is 0 Å². The van der Waals surface area contributed by atoms with E-state index in [1.807, 2.05) is 7.05 Å². The molecule has 0 radical (unpaired) electrons. The topological polar surface area (TPSA) is 79.4 Å². The van der Waals surface area contributed by atoms with Crippen molar-refractivity contribution in [1.29, 1.82) is 0 Å². The molecule has 3 aliphatic rings. The Labute approximate surface area is 151 Å². The number of hydroxylamine groups is 2. The lowest BCUT2D eigenvalue weighted by Gasteiger charge is -2.42. The molecule has 3 aliphatic heterocycles. The van der Waals surface area contributed by atoms with Gasteiger partial charge in [0.25, 0.3) is 11.8 Å². The predicted octanol–water partition coefficient (Wildman–Crippen LogP) is 0.147. The van der Waals surface area contributed by atoms with Crippen LogP contribution in [0.2, 0.25) is 0 Å². The highest BCUT2D eigenvalue weighted by Crippen LogP contribution is 2.31. The number of piperazine rings is 1. The van der Waals surface area contributed by atoms with Gasteiger partial charge in [-0.3, -0.25) is 14.5 Å². The highest BCUT2D eigenvalue weighted by Gasteiger charge is 2.52. The van der Waals surface area contributed by atoms with Crippen LogP contribution in [0.15, 0.2) is 24.3 Å². The number of hydrogen-bond acceptors (Lipinski definition) is 7. The molecule has 2 saturated heterocycles. The molecule has 138 valence electrons. The summed E-state index contributed by atoms with van der Waals surface area (Å²) < 4.78 is 5.50. The van der Waals surface area contributed by atoms with Crippen LogP contribution in [0.5, 0.6) is 0 Å². The fourth-order valence-corrected chi connectivity index (χ4v) is 3.75. The molecule has 0 bridgehead atoms. The van der Waals surface area contributed by atoms with E-state index in [9.17, 15) is 14.4 Å². The van der Waals surface area contributed by atoms with E-state index < -0.39 is 23.3 Å². The molecule has 0 aromatic heterocycles. The Balaban J connectivity index is 1.55. The van der Waals surface area contributed by atoms with Crippen LogP contribution in [0.4, 0.5) is 0 Å². The highest BCUT2D eigenvalue weighted by molar-refractivity contribution is 6.21. The van der Waals surface area contributed by atoms with E-state index in [0.717, 1.165) is 13.1 Å². The lowest BCUT2D eigenvalue weighted by atomic mass is 9.95. The minimum Gasteiger partial charge on any atom is -0.379 e. The van der Waals surface area contributed by atoms with Crippen LogP contribution < -0.4 is 0 Å². The van der Waals surface area contributed by atoms with Gasteiger partial charge in [-0.1, -0.05) is 17.2 Å². The Morgan fingerprint density at radius 1 is 1.08 bits per heavy atom. The Hall–Kier alpha value is -2.29. The van der Waals surface area contributed by atoms with Crippen molar-refractivity contribution in [3.05, 3.63) is 35.4 Å². The second-order valence-electron chi connectivity index (χ2n) is 6.95. The molecule has 1 unspecified atom stereocenters. The highest BCUT2D eigenvalue weighted by atomic mass is 16.7. The third-order valence-electron chi connectivity index (χ3n) is 5.42. The summed E-state index contributed by atoms with van der Waals surface area (Å²) in [6, 6.07) is 6.45. The number of carbonyl (C=O) groups is 3. The zero-order chi connectivity index (χ0) is 18.3. The van der Waals surface area contributed by atoms with Gasteiger partial charge in [-0.2, -0.15) is 0 Å². The summed E-state index contributed by atoms with van der Waals surface area (Å²) in [6.07, 6.45) is 0.485. The zero-order valence-electron chi connectivity index (χ0n) is 14.6. The summed E-state index contributed by atoms with van der Waals surface area (Å²) in [6.45, 7) is 3.74. The number of benzene rings is 1. The Morgan fingerprint density at radius 2 is 1.69 bits per heavy atom. The number of nitrogens with zero attached hydrogens (tertiary/aromatic N) is 3. The van der Waals surface area contributed by atoms with E-state index in [4.69, 9.17) is 9.57 Å². The first-order chi connectivity index (χ1) is 12.5. The lowest BCUT2D eigenvalue weighted by molar-refractivity contribution is -0.184. The SMILES string of the molecule is CN1CCN(C2(C(=O)ON3C(=O)c4ccccc4C3=O)CCOC2)CC1. The van der Waals surface area contributed by atoms with Gasteiger partial charge in [0.1, 0.15) is 5.54 Å². The maximum atomic E-state index is 13.0. The fraction of sp³-hybridized carbons (Fsp3) is 0.500. The van der Waals surface area contributed by atoms with Gasteiger partial charge in [0.2, 0.25) is 0 Å². The molecule has 2 amide bonds. The monoisotopic (exact) mass is 359 g/mol. The maximum absolute atomic E-state index is 13.0. The quantitative estimate of drug-likeness (QED) is 0.711. The van der Waals surface area contributed by atoms with Crippen molar-refractivity contribution < 1.29 is 24.0 Å². The van der Waals surface area contributed by atoms with E-state index in [0.29, 0.717) is 31.2 Å². The van der Waals surface area contributed by atoms with E-state index in [1.54, 1.807) is 24.3 Å². The Kier molecular flexibility index (Phi) is 4.26. The van der Waals surface area contributed by atoms with Crippen LogP contribution in [0.1, 0.15) is 27.1 Å². The predicted molar refractivity (Wildman–Crippen MR) is 90.3 cm³/mol. The van der Waals surface area contributed by atoms with E-state index in [-0.39, 0.29) is 17.7 Å². The molecule has 0 saturated carbocycles. The normalized spacial score (nSPS) is 27.0. The van der Waals surface area contributed by atoms with Gasteiger partial charge in [0.05, 0.1) is 17.7 Å². The molecule has 0 spiro atoms. The van der Waals surface area contributed by atoms with Gasteiger partial charge in [-0.05, 0) is 19.2 Å². The van der Waals surface area contributed by atoms with Crippen LogP contribution in [0, 0.1) is 0 Å². The van der Waals surface area contributed by atoms with E-state index in [1.165, 1.54) is 0 Å². The number of amides is 2. The summed E-state index contributed by atoms with van der Waals surface area (Å²) in [5, 5.41) is 0.586. The van der Waals surface area contributed by atoms with Crippen LogP contribution >= 0.6 is 0 Å². The molecule has 1 aromatic carbocycles. The molecule has 8 nitrogen and oxygen atoms in total. The average molecular weight is 359 g/mol.